The fourth-order valence-corrected chi connectivity index (χ4v) is 3.51. The lowest BCUT2D eigenvalue weighted by Crippen LogP contribution is -2.49. The third kappa shape index (κ3) is 3.16. The molecule has 0 spiro atoms. The molecule has 4 rings (SSSR count). The van der Waals surface area contributed by atoms with Crippen LogP contribution in [0.25, 0.3) is 11.6 Å². The molecule has 0 atom stereocenters. The van der Waals surface area contributed by atoms with Crippen LogP contribution in [0.15, 0.2) is 23.0 Å². The van der Waals surface area contributed by atoms with Crippen LogP contribution in [0, 0.1) is 5.92 Å². The van der Waals surface area contributed by atoms with Gasteiger partial charge in [0.1, 0.15) is 0 Å². The largest absolute Gasteiger partial charge is 0.341 e. The monoisotopic (exact) mass is 327 g/mol. The van der Waals surface area contributed by atoms with Gasteiger partial charge in [0.15, 0.2) is 0 Å². The zero-order chi connectivity index (χ0) is 16.4. The van der Waals surface area contributed by atoms with Gasteiger partial charge in [-0.15, -0.1) is 0 Å². The highest BCUT2D eigenvalue weighted by molar-refractivity contribution is 5.77. The van der Waals surface area contributed by atoms with E-state index in [-0.39, 0.29) is 11.8 Å². The van der Waals surface area contributed by atoms with E-state index in [0.717, 1.165) is 0 Å². The van der Waals surface area contributed by atoms with Crippen LogP contribution in [0.3, 0.4) is 0 Å². The Morgan fingerprint density at radius 2 is 1.88 bits per heavy atom. The molecule has 0 radical (unpaired) electrons. The fraction of sp³-hybridized carbons (Fsp3) is 0.588. The molecular weight excluding hydrogens is 306 g/mol. The Hall–Kier alpha value is -2.31. The van der Waals surface area contributed by atoms with Crippen LogP contribution < -0.4 is 0 Å². The summed E-state index contributed by atoms with van der Waals surface area (Å²) in [7, 11) is 0. The molecule has 3 heterocycles. The molecule has 1 aliphatic carbocycles. The summed E-state index contributed by atoms with van der Waals surface area (Å²) in [5, 5.41) is 3.94. The van der Waals surface area contributed by atoms with E-state index in [2.05, 4.69) is 20.1 Å². The standard InChI is InChI=1S/C17H21N5O2/c23-14(9-12-5-2-1-3-6-12)22-10-13(11-22)17-20-16(21-24-17)15-18-7-4-8-19-15/h4,7-8,12-13H,1-3,5-6,9-11H2. The third-order valence-corrected chi connectivity index (χ3v) is 4.98. The summed E-state index contributed by atoms with van der Waals surface area (Å²) < 4.78 is 5.32. The first kappa shape index (κ1) is 15.2. The molecule has 1 saturated heterocycles. The van der Waals surface area contributed by atoms with Crippen molar-refractivity contribution in [2.45, 2.75) is 44.4 Å². The zero-order valence-corrected chi connectivity index (χ0v) is 13.6. The molecule has 1 amide bonds. The van der Waals surface area contributed by atoms with Crippen molar-refractivity contribution in [2.75, 3.05) is 13.1 Å². The van der Waals surface area contributed by atoms with Gasteiger partial charge in [-0.2, -0.15) is 4.98 Å². The number of rotatable bonds is 4. The Morgan fingerprint density at radius 1 is 1.12 bits per heavy atom. The van der Waals surface area contributed by atoms with Crippen molar-refractivity contribution in [1.29, 1.82) is 0 Å². The SMILES string of the molecule is O=C(CC1CCCCC1)N1CC(c2nc(-c3ncccn3)no2)C1. The second-order valence-electron chi connectivity index (χ2n) is 6.73. The Labute approximate surface area is 140 Å². The molecular formula is C17H21N5O2. The van der Waals surface area contributed by atoms with Crippen molar-refractivity contribution in [3.05, 3.63) is 24.4 Å². The van der Waals surface area contributed by atoms with E-state index >= 15 is 0 Å². The maximum atomic E-state index is 12.3. The molecule has 0 unspecified atom stereocenters. The van der Waals surface area contributed by atoms with E-state index in [1.54, 1.807) is 18.5 Å². The van der Waals surface area contributed by atoms with Gasteiger partial charge in [0.2, 0.25) is 23.4 Å². The molecule has 7 nitrogen and oxygen atoms in total. The zero-order valence-electron chi connectivity index (χ0n) is 13.6. The van der Waals surface area contributed by atoms with Crippen LogP contribution in [-0.2, 0) is 4.79 Å². The summed E-state index contributed by atoms with van der Waals surface area (Å²) in [6, 6.07) is 1.74. The Kier molecular flexibility index (Phi) is 4.23. The molecule has 24 heavy (non-hydrogen) atoms. The van der Waals surface area contributed by atoms with Gasteiger partial charge in [-0.25, -0.2) is 9.97 Å². The molecule has 7 heteroatoms. The number of likely N-dealkylation sites (tertiary alicyclic amines) is 1. The Bertz CT molecular complexity index is 690. The summed E-state index contributed by atoms with van der Waals surface area (Å²) in [6.07, 6.45) is 10.3. The maximum Gasteiger partial charge on any atom is 0.240 e. The number of amides is 1. The highest BCUT2D eigenvalue weighted by Gasteiger charge is 2.36. The lowest BCUT2D eigenvalue weighted by molar-refractivity contribution is -0.137. The Morgan fingerprint density at radius 3 is 2.62 bits per heavy atom. The highest BCUT2D eigenvalue weighted by Crippen LogP contribution is 2.31. The highest BCUT2D eigenvalue weighted by atomic mass is 16.5. The molecule has 2 aromatic heterocycles. The number of hydrogen-bond donors (Lipinski definition) is 0. The second-order valence-corrected chi connectivity index (χ2v) is 6.73. The third-order valence-electron chi connectivity index (χ3n) is 4.98. The molecule has 0 bridgehead atoms. The van der Waals surface area contributed by atoms with Crippen molar-refractivity contribution in [3.63, 3.8) is 0 Å². The normalized spacial score (nSPS) is 19.2. The molecule has 126 valence electrons. The van der Waals surface area contributed by atoms with Gasteiger partial charge in [-0.05, 0) is 24.8 Å². The molecule has 1 aliphatic heterocycles. The van der Waals surface area contributed by atoms with Crippen molar-refractivity contribution in [2.24, 2.45) is 5.92 Å². The van der Waals surface area contributed by atoms with Crippen molar-refractivity contribution in [1.82, 2.24) is 25.0 Å². The van der Waals surface area contributed by atoms with Gasteiger partial charge >= 0.3 is 0 Å². The van der Waals surface area contributed by atoms with Crippen LogP contribution in [0.5, 0.6) is 0 Å². The van der Waals surface area contributed by atoms with Crippen LogP contribution >= 0.6 is 0 Å². The van der Waals surface area contributed by atoms with Gasteiger partial charge in [-0.1, -0.05) is 24.4 Å². The second kappa shape index (κ2) is 6.67. The van der Waals surface area contributed by atoms with Crippen molar-refractivity contribution >= 4 is 5.91 Å². The predicted molar refractivity (Wildman–Crippen MR) is 85.8 cm³/mol. The average molecular weight is 327 g/mol. The number of hydrogen-bond acceptors (Lipinski definition) is 6. The van der Waals surface area contributed by atoms with Gasteiger partial charge in [0.25, 0.3) is 0 Å². The Balaban J connectivity index is 1.31. The van der Waals surface area contributed by atoms with Gasteiger partial charge in [-0.3, -0.25) is 4.79 Å². The number of nitrogens with zero attached hydrogens (tertiary/aromatic N) is 5. The smallest absolute Gasteiger partial charge is 0.240 e. The predicted octanol–water partition coefficient (Wildman–Crippen LogP) is 2.42. The first-order chi connectivity index (χ1) is 11.8. The van der Waals surface area contributed by atoms with Crippen molar-refractivity contribution in [3.8, 4) is 11.6 Å². The number of aromatic nitrogens is 4. The van der Waals surface area contributed by atoms with E-state index < -0.39 is 0 Å². The average Bonchev–Trinajstić information content (AvgIpc) is 3.05. The lowest BCUT2D eigenvalue weighted by atomic mass is 9.86. The van der Waals surface area contributed by atoms with E-state index in [4.69, 9.17) is 4.52 Å². The van der Waals surface area contributed by atoms with E-state index in [9.17, 15) is 4.79 Å². The van der Waals surface area contributed by atoms with Crippen LogP contribution in [0.1, 0.15) is 50.3 Å². The first-order valence-corrected chi connectivity index (χ1v) is 8.68. The fourth-order valence-electron chi connectivity index (χ4n) is 3.51. The maximum absolute atomic E-state index is 12.3. The van der Waals surface area contributed by atoms with E-state index in [0.29, 0.717) is 43.0 Å². The molecule has 2 aromatic rings. The minimum Gasteiger partial charge on any atom is -0.341 e. The van der Waals surface area contributed by atoms with Crippen LogP contribution in [-0.4, -0.2) is 44.0 Å². The van der Waals surface area contributed by atoms with Gasteiger partial charge in [0.05, 0.1) is 5.92 Å². The molecule has 2 fully saturated rings. The number of carbonyl (C=O) groups excluding carboxylic acids is 1. The van der Waals surface area contributed by atoms with Crippen LogP contribution in [0.2, 0.25) is 0 Å². The van der Waals surface area contributed by atoms with E-state index in [1.165, 1.54) is 32.1 Å². The summed E-state index contributed by atoms with van der Waals surface area (Å²) in [4.78, 5) is 26.8. The minimum atomic E-state index is 0.130. The molecule has 2 aliphatic rings. The summed E-state index contributed by atoms with van der Waals surface area (Å²) in [5.74, 6) is 2.40. The quantitative estimate of drug-likeness (QED) is 0.857. The summed E-state index contributed by atoms with van der Waals surface area (Å²) >= 11 is 0. The summed E-state index contributed by atoms with van der Waals surface area (Å²) in [5.41, 5.74) is 0. The molecule has 1 saturated carbocycles. The minimum absolute atomic E-state index is 0.130. The van der Waals surface area contributed by atoms with Gasteiger partial charge < -0.3 is 9.42 Å². The topological polar surface area (TPSA) is 85.0 Å². The van der Waals surface area contributed by atoms with Crippen molar-refractivity contribution < 1.29 is 9.32 Å². The molecule has 0 N–H and O–H groups in total. The molecule has 0 aromatic carbocycles. The first-order valence-electron chi connectivity index (χ1n) is 8.68. The van der Waals surface area contributed by atoms with Gasteiger partial charge in [0, 0.05) is 31.9 Å². The summed E-state index contributed by atoms with van der Waals surface area (Å²) in [6.45, 7) is 1.34. The number of carbonyl (C=O) groups is 1. The van der Waals surface area contributed by atoms with Crippen LogP contribution in [0.4, 0.5) is 0 Å². The van der Waals surface area contributed by atoms with E-state index in [1.807, 2.05) is 4.90 Å². The lowest BCUT2D eigenvalue weighted by Gasteiger charge is -2.38.